The van der Waals surface area contributed by atoms with Gasteiger partial charge in [-0.05, 0) is 19.9 Å². The van der Waals surface area contributed by atoms with Crippen LogP contribution in [0.2, 0.25) is 0 Å². The van der Waals surface area contributed by atoms with E-state index in [0.29, 0.717) is 0 Å². The topological polar surface area (TPSA) is 3.24 Å². The van der Waals surface area contributed by atoms with E-state index in [0.717, 1.165) is 0 Å². The first-order valence-electron chi connectivity index (χ1n) is 3.15. The van der Waals surface area contributed by atoms with Crippen LogP contribution >= 0.6 is 0 Å². The van der Waals surface area contributed by atoms with Gasteiger partial charge in [0.25, 0.3) is 0 Å². The lowest BCUT2D eigenvalue weighted by Gasteiger charge is -2.10. The van der Waals surface area contributed by atoms with Crippen molar-refractivity contribution in [1.29, 1.82) is 0 Å². The summed E-state index contributed by atoms with van der Waals surface area (Å²) in [4.78, 5) is 2.08. The zero-order chi connectivity index (χ0) is 7.28. The number of nitrogens with zero attached hydrogens (tertiary/aromatic N) is 1. The predicted octanol–water partition coefficient (Wildman–Crippen LogP) is 2.03. The van der Waals surface area contributed by atoms with Crippen LogP contribution in [0.15, 0.2) is 23.9 Å². The molecule has 0 heterocycles. The van der Waals surface area contributed by atoms with Crippen LogP contribution in [0.5, 0.6) is 0 Å². The van der Waals surface area contributed by atoms with Gasteiger partial charge in [0.1, 0.15) is 0 Å². The first-order valence-corrected chi connectivity index (χ1v) is 3.15. The van der Waals surface area contributed by atoms with E-state index < -0.39 is 0 Å². The second kappa shape index (κ2) is 4.19. The molecular formula is C8H15N. The Balaban J connectivity index is 3.84. The molecule has 0 rings (SSSR count). The van der Waals surface area contributed by atoms with Gasteiger partial charge in [-0.3, -0.25) is 0 Å². The Morgan fingerprint density at radius 3 is 2.22 bits per heavy atom. The molecule has 0 aromatic rings. The Kier molecular flexibility index (Phi) is 3.85. The standard InChI is InChI=1S/C8H15N/c1-5-6-7-8(2)9(3)4/h5-7H,1-4H3/b6-5-,8-7-. The molecule has 0 fully saturated rings. The lowest BCUT2D eigenvalue weighted by atomic mass is 10.4. The van der Waals surface area contributed by atoms with Gasteiger partial charge >= 0.3 is 0 Å². The van der Waals surface area contributed by atoms with E-state index in [2.05, 4.69) is 17.9 Å². The Morgan fingerprint density at radius 1 is 1.33 bits per heavy atom. The minimum absolute atomic E-state index is 1.27. The van der Waals surface area contributed by atoms with E-state index in [9.17, 15) is 0 Å². The van der Waals surface area contributed by atoms with Gasteiger partial charge in [0, 0.05) is 19.8 Å². The van der Waals surface area contributed by atoms with Gasteiger partial charge in [-0.15, -0.1) is 0 Å². The van der Waals surface area contributed by atoms with Crippen molar-refractivity contribution in [2.45, 2.75) is 13.8 Å². The Bertz CT molecular complexity index is 121. The van der Waals surface area contributed by atoms with Crippen molar-refractivity contribution in [1.82, 2.24) is 4.90 Å². The molecular weight excluding hydrogens is 110 g/mol. The van der Waals surface area contributed by atoms with E-state index >= 15 is 0 Å². The highest BCUT2D eigenvalue weighted by Crippen LogP contribution is 1.94. The maximum atomic E-state index is 2.08. The van der Waals surface area contributed by atoms with Crippen molar-refractivity contribution < 1.29 is 0 Å². The molecule has 1 heteroatoms. The van der Waals surface area contributed by atoms with Crippen molar-refractivity contribution in [3.63, 3.8) is 0 Å². The van der Waals surface area contributed by atoms with Crippen molar-refractivity contribution in [3.05, 3.63) is 23.9 Å². The van der Waals surface area contributed by atoms with E-state index in [1.54, 1.807) is 0 Å². The summed E-state index contributed by atoms with van der Waals surface area (Å²) in [6, 6.07) is 0. The summed E-state index contributed by atoms with van der Waals surface area (Å²) in [5, 5.41) is 0. The summed E-state index contributed by atoms with van der Waals surface area (Å²) in [7, 11) is 4.07. The van der Waals surface area contributed by atoms with Gasteiger partial charge in [-0.25, -0.2) is 0 Å². The van der Waals surface area contributed by atoms with Crippen LogP contribution in [-0.2, 0) is 0 Å². The molecule has 9 heavy (non-hydrogen) atoms. The fraction of sp³-hybridized carbons (Fsp3) is 0.500. The normalized spacial score (nSPS) is 12.7. The molecule has 1 nitrogen and oxygen atoms in total. The van der Waals surface area contributed by atoms with Gasteiger partial charge in [0.15, 0.2) is 0 Å². The Morgan fingerprint density at radius 2 is 1.89 bits per heavy atom. The fourth-order valence-corrected chi connectivity index (χ4v) is 0.385. The highest BCUT2D eigenvalue weighted by atomic mass is 15.1. The van der Waals surface area contributed by atoms with Gasteiger partial charge < -0.3 is 4.90 Å². The molecule has 0 saturated heterocycles. The van der Waals surface area contributed by atoms with Crippen LogP contribution in [0, 0.1) is 0 Å². The average molecular weight is 125 g/mol. The molecule has 52 valence electrons. The van der Waals surface area contributed by atoms with Crippen molar-refractivity contribution in [2.75, 3.05) is 14.1 Å². The van der Waals surface area contributed by atoms with E-state index in [4.69, 9.17) is 0 Å². The molecule has 0 saturated carbocycles. The van der Waals surface area contributed by atoms with Gasteiger partial charge in [-0.2, -0.15) is 0 Å². The number of allylic oxidation sites excluding steroid dienone is 4. The first-order chi connectivity index (χ1) is 4.18. The van der Waals surface area contributed by atoms with E-state index in [1.807, 2.05) is 33.2 Å². The maximum absolute atomic E-state index is 2.08. The molecule has 0 unspecified atom stereocenters. The van der Waals surface area contributed by atoms with E-state index in [-0.39, 0.29) is 0 Å². The summed E-state index contributed by atoms with van der Waals surface area (Å²) < 4.78 is 0. The first kappa shape index (κ1) is 8.28. The SMILES string of the molecule is C/C=C\C=C(\C)N(C)C. The summed E-state index contributed by atoms with van der Waals surface area (Å²) in [5.74, 6) is 0. The zero-order valence-corrected chi connectivity index (χ0v) is 6.68. The van der Waals surface area contributed by atoms with Crippen molar-refractivity contribution >= 4 is 0 Å². The quantitative estimate of drug-likeness (QED) is 0.510. The molecule has 0 spiro atoms. The minimum Gasteiger partial charge on any atom is -0.381 e. The monoisotopic (exact) mass is 125 g/mol. The highest BCUT2D eigenvalue weighted by Gasteiger charge is 1.84. The van der Waals surface area contributed by atoms with Gasteiger partial charge in [0.2, 0.25) is 0 Å². The summed E-state index contributed by atoms with van der Waals surface area (Å²) in [6.45, 7) is 4.10. The average Bonchev–Trinajstić information content (AvgIpc) is 1.82. The smallest absolute Gasteiger partial charge is 0.00957 e. The highest BCUT2D eigenvalue weighted by molar-refractivity contribution is 5.07. The number of hydrogen-bond acceptors (Lipinski definition) is 1. The lowest BCUT2D eigenvalue weighted by molar-refractivity contribution is 0.514. The molecule has 0 aliphatic rings. The summed E-state index contributed by atoms with van der Waals surface area (Å²) in [6.07, 6.45) is 6.14. The third-order valence-electron chi connectivity index (χ3n) is 1.24. The summed E-state index contributed by atoms with van der Waals surface area (Å²) >= 11 is 0. The molecule has 0 radical (unpaired) electrons. The minimum atomic E-state index is 1.27. The molecule has 0 aliphatic carbocycles. The molecule has 0 bridgehead atoms. The second-order valence-electron chi connectivity index (χ2n) is 2.23. The van der Waals surface area contributed by atoms with Gasteiger partial charge in [0.05, 0.1) is 0 Å². The molecule has 0 atom stereocenters. The molecule has 0 aliphatic heterocycles. The van der Waals surface area contributed by atoms with Crippen molar-refractivity contribution in [3.8, 4) is 0 Å². The molecule has 0 aromatic heterocycles. The van der Waals surface area contributed by atoms with Crippen LogP contribution < -0.4 is 0 Å². The molecule has 0 amide bonds. The molecule has 0 N–H and O–H groups in total. The van der Waals surface area contributed by atoms with Gasteiger partial charge in [-0.1, -0.05) is 12.2 Å². The van der Waals surface area contributed by atoms with Crippen molar-refractivity contribution in [2.24, 2.45) is 0 Å². The summed E-state index contributed by atoms with van der Waals surface area (Å²) in [5.41, 5.74) is 1.27. The number of hydrogen-bond donors (Lipinski definition) is 0. The number of rotatable bonds is 2. The third-order valence-corrected chi connectivity index (χ3v) is 1.24. The van der Waals surface area contributed by atoms with Crippen LogP contribution in [-0.4, -0.2) is 19.0 Å². The maximum Gasteiger partial charge on any atom is 0.00957 e. The van der Waals surface area contributed by atoms with Crippen LogP contribution in [0.1, 0.15) is 13.8 Å². The van der Waals surface area contributed by atoms with Crippen LogP contribution in [0.4, 0.5) is 0 Å². The Labute approximate surface area is 57.7 Å². The van der Waals surface area contributed by atoms with Crippen LogP contribution in [0.25, 0.3) is 0 Å². The van der Waals surface area contributed by atoms with Crippen LogP contribution in [0.3, 0.4) is 0 Å². The largest absolute Gasteiger partial charge is 0.381 e. The third kappa shape index (κ3) is 3.83. The lowest BCUT2D eigenvalue weighted by Crippen LogP contribution is -2.07. The van der Waals surface area contributed by atoms with E-state index in [1.165, 1.54) is 5.70 Å². The molecule has 0 aromatic carbocycles. The Hall–Kier alpha value is -0.720. The zero-order valence-electron chi connectivity index (χ0n) is 6.68. The fourth-order valence-electron chi connectivity index (χ4n) is 0.385. The predicted molar refractivity (Wildman–Crippen MR) is 42.3 cm³/mol. The second-order valence-corrected chi connectivity index (χ2v) is 2.23.